The van der Waals surface area contributed by atoms with Crippen molar-refractivity contribution < 1.29 is 9.18 Å². The highest BCUT2D eigenvalue weighted by molar-refractivity contribution is 6.30. The summed E-state index contributed by atoms with van der Waals surface area (Å²) in [5.41, 5.74) is 5.84. The van der Waals surface area contributed by atoms with Gasteiger partial charge in [0.15, 0.2) is 0 Å². The van der Waals surface area contributed by atoms with Crippen LogP contribution in [0.1, 0.15) is 20.3 Å². The van der Waals surface area contributed by atoms with E-state index in [1.807, 2.05) is 13.8 Å². The van der Waals surface area contributed by atoms with Gasteiger partial charge in [0.1, 0.15) is 5.82 Å². The zero-order valence-electron chi connectivity index (χ0n) is 9.84. The molecule has 0 aliphatic carbocycles. The average molecular weight is 259 g/mol. The van der Waals surface area contributed by atoms with Crippen LogP contribution in [-0.2, 0) is 4.79 Å². The van der Waals surface area contributed by atoms with Gasteiger partial charge in [-0.15, -0.1) is 0 Å². The summed E-state index contributed by atoms with van der Waals surface area (Å²) >= 11 is 5.71. The minimum atomic E-state index is -0.513. The standard InChI is InChI=1S/C12H16ClFN2O/c1-7(2)10(15)6-12(17)16-11-5-8(13)3-4-9(11)14/h3-5,7,10H,6,15H2,1-2H3,(H,16,17). The molecule has 0 heterocycles. The number of amides is 1. The lowest BCUT2D eigenvalue weighted by Crippen LogP contribution is -2.31. The lowest BCUT2D eigenvalue weighted by atomic mass is 10.0. The molecule has 1 aromatic carbocycles. The number of nitrogens with one attached hydrogen (secondary N) is 1. The first-order chi connectivity index (χ1) is 7.90. The van der Waals surface area contributed by atoms with Crippen molar-refractivity contribution in [2.45, 2.75) is 26.3 Å². The van der Waals surface area contributed by atoms with E-state index in [0.717, 1.165) is 0 Å². The van der Waals surface area contributed by atoms with Crippen molar-refractivity contribution >= 4 is 23.2 Å². The van der Waals surface area contributed by atoms with Gasteiger partial charge in [0.05, 0.1) is 5.69 Å². The van der Waals surface area contributed by atoms with E-state index in [1.165, 1.54) is 18.2 Å². The molecule has 0 aliphatic rings. The van der Waals surface area contributed by atoms with Crippen LogP contribution in [0.2, 0.25) is 5.02 Å². The van der Waals surface area contributed by atoms with Gasteiger partial charge in [0.25, 0.3) is 0 Å². The third-order valence-corrected chi connectivity index (χ3v) is 2.71. The number of carbonyl (C=O) groups is 1. The van der Waals surface area contributed by atoms with Gasteiger partial charge in [-0.05, 0) is 24.1 Å². The topological polar surface area (TPSA) is 55.1 Å². The van der Waals surface area contributed by atoms with Crippen LogP contribution in [0.3, 0.4) is 0 Å². The number of nitrogens with two attached hydrogens (primary N) is 1. The molecule has 3 N–H and O–H groups in total. The van der Waals surface area contributed by atoms with Gasteiger partial charge in [0, 0.05) is 17.5 Å². The Morgan fingerprint density at radius 1 is 1.53 bits per heavy atom. The Labute approximate surface area is 105 Å². The zero-order chi connectivity index (χ0) is 13.0. The molecule has 17 heavy (non-hydrogen) atoms. The van der Waals surface area contributed by atoms with Gasteiger partial charge in [0.2, 0.25) is 5.91 Å². The smallest absolute Gasteiger partial charge is 0.226 e. The Hall–Kier alpha value is -1.13. The van der Waals surface area contributed by atoms with Crippen LogP contribution in [0.5, 0.6) is 0 Å². The van der Waals surface area contributed by atoms with Gasteiger partial charge >= 0.3 is 0 Å². The number of benzene rings is 1. The Morgan fingerprint density at radius 2 is 2.18 bits per heavy atom. The first-order valence-electron chi connectivity index (χ1n) is 5.40. The highest BCUT2D eigenvalue weighted by Crippen LogP contribution is 2.19. The molecule has 94 valence electrons. The Kier molecular flexibility index (Phi) is 4.90. The monoisotopic (exact) mass is 258 g/mol. The van der Waals surface area contributed by atoms with Gasteiger partial charge in [-0.3, -0.25) is 4.79 Å². The number of anilines is 1. The van der Waals surface area contributed by atoms with Crippen molar-refractivity contribution in [3.63, 3.8) is 0 Å². The number of hydrogen-bond donors (Lipinski definition) is 2. The van der Waals surface area contributed by atoms with Crippen LogP contribution in [0.15, 0.2) is 18.2 Å². The molecule has 1 aromatic rings. The van der Waals surface area contributed by atoms with E-state index in [9.17, 15) is 9.18 Å². The predicted molar refractivity (Wildman–Crippen MR) is 67.5 cm³/mol. The van der Waals surface area contributed by atoms with Gasteiger partial charge in [-0.2, -0.15) is 0 Å². The molecule has 0 saturated heterocycles. The lowest BCUT2D eigenvalue weighted by molar-refractivity contribution is -0.116. The molecule has 0 aromatic heterocycles. The van der Waals surface area contributed by atoms with Crippen molar-refractivity contribution in [1.82, 2.24) is 0 Å². The molecule has 0 bridgehead atoms. The van der Waals surface area contributed by atoms with E-state index >= 15 is 0 Å². The molecule has 3 nitrogen and oxygen atoms in total. The maximum Gasteiger partial charge on any atom is 0.226 e. The van der Waals surface area contributed by atoms with Crippen molar-refractivity contribution in [2.24, 2.45) is 11.7 Å². The number of halogens is 2. The third kappa shape index (κ3) is 4.32. The highest BCUT2D eigenvalue weighted by atomic mass is 35.5. The fourth-order valence-electron chi connectivity index (χ4n) is 1.24. The molecule has 1 rings (SSSR count). The third-order valence-electron chi connectivity index (χ3n) is 2.48. The SMILES string of the molecule is CC(C)C(N)CC(=O)Nc1cc(Cl)ccc1F. The number of carbonyl (C=O) groups excluding carboxylic acids is 1. The fraction of sp³-hybridized carbons (Fsp3) is 0.417. The van der Waals surface area contributed by atoms with Gasteiger partial charge in [-0.1, -0.05) is 25.4 Å². The minimum absolute atomic E-state index is 0.0819. The quantitative estimate of drug-likeness (QED) is 0.873. The Balaban J connectivity index is 2.65. The number of rotatable bonds is 4. The average Bonchev–Trinajstić information content (AvgIpc) is 2.23. The first kappa shape index (κ1) is 13.9. The van der Waals surface area contributed by atoms with Crippen molar-refractivity contribution in [2.75, 3.05) is 5.32 Å². The minimum Gasteiger partial charge on any atom is -0.327 e. The van der Waals surface area contributed by atoms with Crippen LogP contribution in [0, 0.1) is 11.7 Å². The van der Waals surface area contributed by atoms with Crippen LogP contribution in [0.4, 0.5) is 10.1 Å². The van der Waals surface area contributed by atoms with Crippen molar-refractivity contribution in [3.05, 3.63) is 29.0 Å². The van der Waals surface area contributed by atoms with Gasteiger partial charge < -0.3 is 11.1 Å². The van der Waals surface area contributed by atoms with Crippen molar-refractivity contribution in [1.29, 1.82) is 0 Å². The summed E-state index contributed by atoms with van der Waals surface area (Å²) in [6, 6.07) is 3.76. The number of hydrogen-bond acceptors (Lipinski definition) is 2. The summed E-state index contributed by atoms with van der Waals surface area (Å²) in [6.45, 7) is 3.86. The predicted octanol–water partition coefficient (Wildman–Crippen LogP) is 2.79. The molecule has 1 unspecified atom stereocenters. The van der Waals surface area contributed by atoms with Crippen LogP contribution >= 0.6 is 11.6 Å². The highest BCUT2D eigenvalue weighted by Gasteiger charge is 2.14. The van der Waals surface area contributed by atoms with E-state index < -0.39 is 5.82 Å². The van der Waals surface area contributed by atoms with Gasteiger partial charge in [-0.25, -0.2) is 4.39 Å². The summed E-state index contributed by atoms with van der Waals surface area (Å²) in [5.74, 6) is -0.627. The molecule has 0 fully saturated rings. The lowest BCUT2D eigenvalue weighted by Gasteiger charge is -2.15. The largest absolute Gasteiger partial charge is 0.327 e. The molecule has 0 spiro atoms. The second kappa shape index (κ2) is 5.98. The summed E-state index contributed by atoms with van der Waals surface area (Å²) in [4.78, 5) is 11.6. The Bertz CT molecular complexity index is 409. The fourth-order valence-corrected chi connectivity index (χ4v) is 1.42. The summed E-state index contributed by atoms with van der Waals surface area (Å²) in [5, 5.41) is 2.83. The second-order valence-corrected chi connectivity index (χ2v) is 4.72. The van der Waals surface area contributed by atoms with E-state index in [1.54, 1.807) is 0 Å². The second-order valence-electron chi connectivity index (χ2n) is 4.28. The summed E-state index contributed by atoms with van der Waals surface area (Å²) < 4.78 is 13.3. The van der Waals surface area contributed by atoms with Crippen LogP contribution < -0.4 is 11.1 Å². The molecule has 1 atom stereocenters. The van der Waals surface area contributed by atoms with E-state index in [-0.39, 0.29) is 30.0 Å². The molecule has 1 amide bonds. The van der Waals surface area contributed by atoms with Crippen molar-refractivity contribution in [3.8, 4) is 0 Å². The molecule has 5 heteroatoms. The zero-order valence-corrected chi connectivity index (χ0v) is 10.6. The maximum atomic E-state index is 13.3. The maximum absolute atomic E-state index is 13.3. The van der Waals surface area contributed by atoms with E-state index in [4.69, 9.17) is 17.3 Å². The molecule has 0 radical (unpaired) electrons. The van der Waals surface area contributed by atoms with E-state index in [2.05, 4.69) is 5.32 Å². The summed E-state index contributed by atoms with van der Waals surface area (Å²) in [7, 11) is 0. The normalized spacial score (nSPS) is 12.6. The Morgan fingerprint density at radius 3 is 2.76 bits per heavy atom. The van der Waals surface area contributed by atoms with E-state index in [0.29, 0.717) is 5.02 Å². The van der Waals surface area contributed by atoms with Crippen LogP contribution in [0.25, 0.3) is 0 Å². The molecular formula is C12H16ClFN2O. The summed E-state index contributed by atoms with van der Waals surface area (Å²) in [6.07, 6.45) is 0.156. The molecule has 0 aliphatic heterocycles. The first-order valence-corrected chi connectivity index (χ1v) is 5.78. The molecular weight excluding hydrogens is 243 g/mol. The molecule has 0 saturated carbocycles. The van der Waals surface area contributed by atoms with Crippen LogP contribution in [-0.4, -0.2) is 11.9 Å².